The molecule has 0 fully saturated rings. The SMILES string of the molecule is COC(C)COc1ccc(CCl)cc1[N+](=O)[O-]. The monoisotopic (exact) mass is 259 g/mol. The van der Waals surface area contributed by atoms with E-state index in [4.69, 9.17) is 21.1 Å². The largest absolute Gasteiger partial charge is 0.484 e. The Bertz CT molecular complexity index is 397. The summed E-state index contributed by atoms with van der Waals surface area (Å²) in [6, 6.07) is 4.67. The van der Waals surface area contributed by atoms with Gasteiger partial charge in [0, 0.05) is 19.1 Å². The second kappa shape index (κ2) is 6.42. The van der Waals surface area contributed by atoms with Crippen molar-refractivity contribution in [2.75, 3.05) is 13.7 Å². The molecule has 17 heavy (non-hydrogen) atoms. The molecule has 94 valence electrons. The predicted molar refractivity (Wildman–Crippen MR) is 64.6 cm³/mol. The third-order valence-electron chi connectivity index (χ3n) is 2.25. The number of halogens is 1. The highest BCUT2D eigenvalue weighted by molar-refractivity contribution is 6.17. The van der Waals surface area contributed by atoms with E-state index in [9.17, 15) is 10.1 Å². The fourth-order valence-corrected chi connectivity index (χ4v) is 1.35. The van der Waals surface area contributed by atoms with Crippen LogP contribution in [0.5, 0.6) is 5.75 Å². The van der Waals surface area contributed by atoms with Gasteiger partial charge in [-0.15, -0.1) is 11.6 Å². The van der Waals surface area contributed by atoms with Crippen molar-refractivity contribution in [1.82, 2.24) is 0 Å². The van der Waals surface area contributed by atoms with E-state index >= 15 is 0 Å². The zero-order valence-electron chi connectivity index (χ0n) is 9.68. The van der Waals surface area contributed by atoms with Crippen LogP contribution in [0.3, 0.4) is 0 Å². The fraction of sp³-hybridized carbons (Fsp3) is 0.455. The van der Waals surface area contributed by atoms with Gasteiger partial charge in [-0.25, -0.2) is 0 Å². The molecule has 0 saturated carbocycles. The van der Waals surface area contributed by atoms with Crippen LogP contribution in [0.25, 0.3) is 0 Å². The second-order valence-electron chi connectivity index (χ2n) is 3.55. The van der Waals surface area contributed by atoms with Crippen molar-refractivity contribution < 1.29 is 14.4 Å². The molecule has 1 unspecified atom stereocenters. The van der Waals surface area contributed by atoms with Crippen LogP contribution in [0.2, 0.25) is 0 Å². The first-order valence-corrected chi connectivity index (χ1v) is 5.60. The summed E-state index contributed by atoms with van der Waals surface area (Å²) in [5.74, 6) is 0.461. The normalized spacial score (nSPS) is 12.2. The van der Waals surface area contributed by atoms with E-state index in [0.29, 0.717) is 5.56 Å². The summed E-state index contributed by atoms with van der Waals surface area (Å²) in [5.41, 5.74) is 0.608. The molecule has 0 N–H and O–H groups in total. The molecule has 1 atom stereocenters. The highest BCUT2D eigenvalue weighted by atomic mass is 35.5. The molecule has 1 aromatic rings. The lowest BCUT2D eigenvalue weighted by Gasteiger charge is -2.11. The summed E-state index contributed by atoms with van der Waals surface area (Å²) < 4.78 is 10.3. The first-order chi connectivity index (χ1) is 8.08. The van der Waals surface area contributed by atoms with Gasteiger partial charge in [0.05, 0.1) is 11.0 Å². The molecule has 0 heterocycles. The number of nitrogens with zero attached hydrogens (tertiary/aromatic N) is 1. The van der Waals surface area contributed by atoms with Gasteiger partial charge in [-0.2, -0.15) is 0 Å². The summed E-state index contributed by atoms with van der Waals surface area (Å²) in [7, 11) is 1.55. The smallest absolute Gasteiger partial charge is 0.311 e. The van der Waals surface area contributed by atoms with Crippen LogP contribution >= 0.6 is 11.6 Å². The highest BCUT2D eigenvalue weighted by Crippen LogP contribution is 2.28. The van der Waals surface area contributed by atoms with Gasteiger partial charge in [0.25, 0.3) is 0 Å². The van der Waals surface area contributed by atoms with Crippen LogP contribution < -0.4 is 4.74 Å². The van der Waals surface area contributed by atoms with E-state index in [1.165, 1.54) is 6.07 Å². The topological polar surface area (TPSA) is 61.6 Å². The molecule has 0 aliphatic rings. The van der Waals surface area contributed by atoms with Crippen LogP contribution in [0.4, 0.5) is 5.69 Å². The van der Waals surface area contributed by atoms with E-state index in [1.807, 2.05) is 6.92 Å². The Labute approximate surface area is 104 Å². The molecule has 0 radical (unpaired) electrons. The van der Waals surface area contributed by atoms with E-state index in [0.717, 1.165) is 0 Å². The molecule has 6 heteroatoms. The van der Waals surface area contributed by atoms with Crippen LogP contribution in [-0.2, 0) is 10.6 Å². The minimum absolute atomic E-state index is 0.0774. The predicted octanol–water partition coefficient (Wildman–Crippen LogP) is 2.75. The Morgan fingerprint density at radius 1 is 1.53 bits per heavy atom. The Hall–Kier alpha value is -1.33. The number of nitro groups is 1. The first kappa shape index (κ1) is 13.7. The lowest BCUT2D eigenvalue weighted by molar-refractivity contribution is -0.386. The number of methoxy groups -OCH3 is 1. The van der Waals surface area contributed by atoms with Crippen LogP contribution in [0.1, 0.15) is 12.5 Å². The molecular formula is C11H14ClNO4. The number of hydrogen-bond acceptors (Lipinski definition) is 4. The zero-order chi connectivity index (χ0) is 12.8. The standard InChI is InChI=1S/C11H14ClNO4/c1-8(16-2)7-17-11-4-3-9(6-12)5-10(11)13(14)15/h3-5,8H,6-7H2,1-2H3. The molecule has 1 rings (SSSR count). The van der Waals surface area contributed by atoms with E-state index in [1.54, 1.807) is 19.2 Å². The third kappa shape index (κ3) is 3.87. The van der Waals surface area contributed by atoms with E-state index < -0.39 is 4.92 Å². The van der Waals surface area contributed by atoms with Crippen LogP contribution in [0, 0.1) is 10.1 Å². The van der Waals surface area contributed by atoms with Crippen molar-refractivity contribution >= 4 is 17.3 Å². The number of hydrogen-bond donors (Lipinski definition) is 0. The average Bonchev–Trinajstić information content (AvgIpc) is 2.35. The Morgan fingerprint density at radius 3 is 2.76 bits per heavy atom. The average molecular weight is 260 g/mol. The van der Waals surface area contributed by atoms with Crippen molar-refractivity contribution in [3.05, 3.63) is 33.9 Å². The van der Waals surface area contributed by atoms with E-state index in [2.05, 4.69) is 0 Å². The fourth-order valence-electron chi connectivity index (χ4n) is 1.19. The Balaban J connectivity index is 2.87. The van der Waals surface area contributed by atoms with Crippen molar-refractivity contribution in [3.8, 4) is 5.75 Å². The van der Waals surface area contributed by atoms with Gasteiger partial charge >= 0.3 is 5.69 Å². The van der Waals surface area contributed by atoms with Gasteiger partial charge in [-0.1, -0.05) is 6.07 Å². The number of alkyl halides is 1. The summed E-state index contributed by atoms with van der Waals surface area (Å²) >= 11 is 5.62. The van der Waals surface area contributed by atoms with Gasteiger partial charge in [0.15, 0.2) is 5.75 Å². The molecule has 0 aromatic heterocycles. The van der Waals surface area contributed by atoms with Crippen molar-refractivity contribution in [1.29, 1.82) is 0 Å². The maximum Gasteiger partial charge on any atom is 0.311 e. The van der Waals surface area contributed by atoms with Crippen LogP contribution in [-0.4, -0.2) is 24.7 Å². The van der Waals surface area contributed by atoms with Gasteiger partial charge in [0.2, 0.25) is 0 Å². The molecule has 1 aromatic carbocycles. The molecule has 5 nitrogen and oxygen atoms in total. The maximum absolute atomic E-state index is 10.9. The van der Waals surface area contributed by atoms with Crippen LogP contribution in [0.15, 0.2) is 18.2 Å². The summed E-state index contributed by atoms with van der Waals surface area (Å²) in [6.07, 6.45) is -0.123. The quantitative estimate of drug-likeness (QED) is 0.448. The number of ether oxygens (including phenoxy) is 2. The lowest BCUT2D eigenvalue weighted by Crippen LogP contribution is -2.16. The Morgan fingerprint density at radius 2 is 2.24 bits per heavy atom. The number of rotatable bonds is 6. The molecule has 0 spiro atoms. The molecule has 0 amide bonds. The Kier molecular flexibility index (Phi) is 5.18. The van der Waals surface area contributed by atoms with Gasteiger partial charge in [0.1, 0.15) is 6.61 Å². The van der Waals surface area contributed by atoms with Crippen molar-refractivity contribution in [2.24, 2.45) is 0 Å². The highest BCUT2D eigenvalue weighted by Gasteiger charge is 2.16. The number of benzene rings is 1. The van der Waals surface area contributed by atoms with E-state index in [-0.39, 0.29) is 30.0 Å². The summed E-state index contributed by atoms with van der Waals surface area (Å²) in [5, 5.41) is 10.9. The first-order valence-electron chi connectivity index (χ1n) is 5.07. The molecule has 0 aliphatic carbocycles. The van der Waals surface area contributed by atoms with Crippen molar-refractivity contribution in [2.45, 2.75) is 18.9 Å². The van der Waals surface area contributed by atoms with Gasteiger partial charge in [-0.05, 0) is 18.6 Å². The maximum atomic E-state index is 10.9. The molecule has 0 aliphatic heterocycles. The zero-order valence-corrected chi connectivity index (χ0v) is 10.4. The summed E-state index contributed by atoms with van der Waals surface area (Å²) in [6.45, 7) is 2.08. The molecular weight excluding hydrogens is 246 g/mol. The third-order valence-corrected chi connectivity index (χ3v) is 2.56. The second-order valence-corrected chi connectivity index (χ2v) is 3.82. The molecule has 0 bridgehead atoms. The minimum Gasteiger partial charge on any atom is -0.484 e. The van der Waals surface area contributed by atoms with Crippen molar-refractivity contribution in [3.63, 3.8) is 0 Å². The van der Waals surface area contributed by atoms with Gasteiger partial charge < -0.3 is 9.47 Å². The summed E-state index contributed by atoms with van der Waals surface area (Å²) in [4.78, 5) is 10.4. The minimum atomic E-state index is -0.483. The number of nitro benzene ring substituents is 1. The molecule has 0 saturated heterocycles. The van der Waals surface area contributed by atoms with Gasteiger partial charge in [-0.3, -0.25) is 10.1 Å². The lowest BCUT2D eigenvalue weighted by atomic mass is 10.2.